The van der Waals surface area contributed by atoms with E-state index in [2.05, 4.69) is 4.98 Å². The fraction of sp³-hybridized carbons (Fsp3) is 0.333. The molecule has 0 atom stereocenters. The second-order valence-corrected chi connectivity index (χ2v) is 6.90. The van der Waals surface area contributed by atoms with E-state index in [-0.39, 0.29) is 24.3 Å². The Morgan fingerprint density at radius 2 is 2.00 bits per heavy atom. The van der Waals surface area contributed by atoms with Crippen molar-refractivity contribution in [3.05, 3.63) is 56.0 Å². The van der Waals surface area contributed by atoms with Gasteiger partial charge in [0.25, 0.3) is 5.56 Å². The maximum atomic E-state index is 12.7. The molecule has 0 fully saturated rings. The molecule has 3 aromatic rings. The molecule has 3 rings (SSSR count). The molecule has 0 saturated carbocycles. The molecule has 1 amide bonds. The van der Waals surface area contributed by atoms with Crippen LogP contribution in [0, 0.1) is 0 Å². The van der Waals surface area contributed by atoms with Crippen molar-refractivity contribution in [1.29, 1.82) is 0 Å². The zero-order valence-corrected chi connectivity index (χ0v) is 16.7. The molecule has 1 aromatic carbocycles. The Morgan fingerprint density at radius 1 is 1.29 bits per heavy atom. The van der Waals surface area contributed by atoms with Crippen molar-refractivity contribution in [2.45, 2.75) is 13.1 Å². The highest BCUT2D eigenvalue weighted by Crippen LogP contribution is 2.23. The van der Waals surface area contributed by atoms with Crippen molar-refractivity contribution in [1.82, 2.24) is 23.6 Å². The Balaban J connectivity index is 1.91. The van der Waals surface area contributed by atoms with Crippen LogP contribution in [0.3, 0.4) is 0 Å². The Kier molecular flexibility index (Phi) is 5.28. The number of aryl methyl sites for hydroxylation is 2. The third-order valence-corrected chi connectivity index (χ3v) is 4.81. The summed E-state index contributed by atoms with van der Waals surface area (Å²) in [6, 6.07) is 5.11. The third-order valence-electron chi connectivity index (χ3n) is 4.57. The summed E-state index contributed by atoms with van der Waals surface area (Å²) in [5, 5.41) is 0.517. The van der Waals surface area contributed by atoms with E-state index in [9.17, 15) is 14.4 Å². The summed E-state index contributed by atoms with van der Waals surface area (Å²) < 4.78 is 8.99. The van der Waals surface area contributed by atoms with Crippen LogP contribution in [0.1, 0.15) is 5.56 Å². The predicted molar refractivity (Wildman–Crippen MR) is 105 cm³/mol. The van der Waals surface area contributed by atoms with Crippen molar-refractivity contribution in [3.8, 4) is 5.75 Å². The number of ether oxygens (including phenoxy) is 1. The van der Waals surface area contributed by atoms with Gasteiger partial charge >= 0.3 is 5.69 Å². The van der Waals surface area contributed by atoms with Gasteiger partial charge in [-0.3, -0.25) is 14.2 Å². The van der Waals surface area contributed by atoms with E-state index in [1.807, 2.05) is 0 Å². The number of hydrogen-bond acceptors (Lipinski definition) is 5. The fourth-order valence-electron chi connectivity index (χ4n) is 3.01. The summed E-state index contributed by atoms with van der Waals surface area (Å²) in [5.41, 5.74) is 0.0962. The van der Waals surface area contributed by atoms with Gasteiger partial charge in [0, 0.05) is 38.3 Å². The van der Waals surface area contributed by atoms with Crippen molar-refractivity contribution in [3.63, 3.8) is 0 Å². The molecule has 0 unspecified atom stereocenters. The van der Waals surface area contributed by atoms with Gasteiger partial charge in [0.05, 0.1) is 13.4 Å². The lowest BCUT2D eigenvalue weighted by atomic mass is 10.2. The Hall–Kier alpha value is -3.07. The molecule has 0 aliphatic heterocycles. The van der Waals surface area contributed by atoms with Gasteiger partial charge in [0.2, 0.25) is 5.91 Å². The average molecular weight is 406 g/mol. The summed E-state index contributed by atoms with van der Waals surface area (Å²) in [5.74, 6) is 0.191. The minimum atomic E-state index is -0.599. The van der Waals surface area contributed by atoms with Crippen LogP contribution in [0.15, 0.2) is 34.1 Å². The fourth-order valence-corrected chi connectivity index (χ4v) is 3.20. The molecule has 0 bridgehead atoms. The topological polar surface area (TPSA) is 91.4 Å². The van der Waals surface area contributed by atoms with Gasteiger partial charge in [0.1, 0.15) is 12.3 Å². The van der Waals surface area contributed by atoms with Crippen LogP contribution in [0.2, 0.25) is 5.02 Å². The predicted octanol–water partition coefficient (Wildman–Crippen LogP) is 0.754. The summed E-state index contributed by atoms with van der Waals surface area (Å²) in [6.07, 6.45) is 1.45. The second-order valence-electron chi connectivity index (χ2n) is 6.47. The molecule has 9 nitrogen and oxygen atoms in total. The number of hydrogen-bond donors (Lipinski definition) is 0. The Morgan fingerprint density at radius 3 is 2.68 bits per heavy atom. The molecule has 0 aliphatic carbocycles. The van der Waals surface area contributed by atoms with Crippen LogP contribution in [0.5, 0.6) is 5.75 Å². The zero-order valence-electron chi connectivity index (χ0n) is 16.0. The van der Waals surface area contributed by atoms with Gasteiger partial charge in [-0.1, -0.05) is 11.6 Å². The first-order valence-electron chi connectivity index (χ1n) is 8.41. The molecule has 0 saturated heterocycles. The maximum absolute atomic E-state index is 12.7. The largest absolute Gasteiger partial charge is 0.496 e. The van der Waals surface area contributed by atoms with Gasteiger partial charge in [-0.05, 0) is 18.2 Å². The van der Waals surface area contributed by atoms with Crippen LogP contribution >= 0.6 is 11.6 Å². The lowest BCUT2D eigenvalue weighted by Gasteiger charge is -2.19. The monoisotopic (exact) mass is 405 g/mol. The first kappa shape index (κ1) is 19.7. The number of aromatic nitrogens is 4. The number of nitrogens with zero attached hydrogens (tertiary/aromatic N) is 5. The van der Waals surface area contributed by atoms with Crippen LogP contribution in [0.4, 0.5) is 0 Å². The SMILES string of the molecule is COc1ccc(Cl)cc1CN(C)C(=O)Cn1c(=O)c2c(ncn2C)n(C)c1=O. The molecule has 0 aliphatic rings. The molecule has 10 heteroatoms. The van der Waals surface area contributed by atoms with Crippen LogP contribution < -0.4 is 16.0 Å². The van der Waals surface area contributed by atoms with Gasteiger partial charge in [-0.25, -0.2) is 14.3 Å². The molecule has 0 radical (unpaired) electrons. The van der Waals surface area contributed by atoms with Crippen molar-refractivity contribution in [2.75, 3.05) is 14.2 Å². The summed E-state index contributed by atoms with van der Waals surface area (Å²) in [6.45, 7) is -0.169. The van der Waals surface area contributed by atoms with E-state index < -0.39 is 17.2 Å². The number of imidazole rings is 1. The molecule has 0 N–H and O–H groups in total. The van der Waals surface area contributed by atoms with Crippen LogP contribution in [0.25, 0.3) is 11.2 Å². The van der Waals surface area contributed by atoms with Crippen LogP contribution in [-0.4, -0.2) is 43.6 Å². The number of amides is 1. The number of carbonyl (C=O) groups excluding carboxylic acids is 1. The van der Waals surface area contributed by atoms with Crippen LogP contribution in [-0.2, 0) is 32.0 Å². The van der Waals surface area contributed by atoms with E-state index in [4.69, 9.17) is 16.3 Å². The second kappa shape index (κ2) is 7.51. The normalized spacial score (nSPS) is 11.0. The minimum Gasteiger partial charge on any atom is -0.496 e. The van der Waals surface area contributed by atoms with E-state index >= 15 is 0 Å². The number of benzene rings is 1. The lowest BCUT2D eigenvalue weighted by Crippen LogP contribution is -2.43. The summed E-state index contributed by atoms with van der Waals surface area (Å²) in [7, 11) is 6.28. The number of methoxy groups -OCH3 is 1. The van der Waals surface area contributed by atoms with Gasteiger partial charge in [0.15, 0.2) is 11.2 Å². The van der Waals surface area contributed by atoms with Crippen molar-refractivity contribution >= 4 is 28.7 Å². The molecule has 0 spiro atoms. The molecule has 28 heavy (non-hydrogen) atoms. The molecular formula is C18H20ClN5O4. The van der Waals surface area contributed by atoms with Crippen molar-refractivity contribution in [2.24, 2.45) is 14.1 Å². The van der Waals surface area contributed by atoms with E-state index in [0.717, 1.165) is 4.57 Å². The quantitative estimate of drug-likeness (QED) is 0.624. The van der Waals surface area contributed by atoms with Crippen molar-refractivity contribution < 1.29 is 9.53 Å². The summed E-state index contributed by atoms with van der Waals surface area (Å²) >= 11 is 6.03. The first-order valence-corrected chi connectivity index (χ1v) is 8.79. The van der Waals surface area contributed by atoms with E-state index in [1.165, 1.54) is 34.5 Å². The van der Waals surface area contributed by atoms with Gasteiger partial charge < -0.3 is 14.2 Å². The average Bonchev–Trinajstić information content (AvgIpc) is 3.05. The summed E-state index contributed by atoms with van der Waals surface area (Å²) in [4.78, 5) is 43.4. The highest BCUT2D eigenvalue weighted by Gasteiger charge is 2.19. The minimum absolute atomic E-state index is 0.214. The van der Waals surface area contributed by atoms with Gasteiger partial charge in [-0.2, -0.15) is 0 Å². The van der Waals surface area contributed by atoms with Gasteiger partial charge in [-0.15, -0.1) is 0 Å². The standard InChI is InChI=1S/C18H20ClN5O4/c1-21(8-11-7-12(19)5-6-13(11)28-4)14(25)9-24-17(26)15-16(20-10-22(15)2)23(3)18(24)27/h5-7,10H,8-9H2,1-4H3. The number of carbonyl (C=O) groups is 1. The Labute approximate surface area is 165 Å². The highest BCUT2D eigenvalue weighted by molar-refractivity contribution is 6.30. The number of halogens is 1. The molecule has 2 heterocycles. The zero-order chi connectivity index (χ0) is 20.6. The first-order chi connectivity index (χ1) is 13.2. The molecular weight excluding hydrogens is 386 g/mol. The molecule has 148 valence electrons. The number of fused-ring (bicyclic) bond motifs is 1. The maximum Gasteiger partial charge on any atom is 0.332 e. The highest BCUT2D eigenvalue weighted by atomic mass is 35.5. The smallest absolute Gasteiger partial charge is 0.332 e. The van der Waals surface area contributed by atoms with E-state index in [1.54, 1.807) is 32.3 Å². The third kappa shape index (κ3) is 3.40. The number of likely N-dealkylation sites (N-methyl/N-ethyl adjacent to an activating group) is 1. The molecule has 2 aromatic heterocycles. The number of rotatable bonds is 5. The Bertz CT molecular complexity index is 1180. The lowest BCUT2D eigenvalue weighted by molar-refractivity contribution is -0.131. The van der Waals surface area contributed by atoms with E-state index in [0.29, 0.717) is 16.3 Å².